The minimum Gasteiger partial charge on any atom is -0.436 e. The molecule has 0 aliphatic carbocycles. The summed E-state index contributed by atoms with van der Waals surface area (Å²) in [5.74, 6) is -0.442. The van der Waals surface area contributed by atoms with E-state index in [4.69, 9.17) is 16.3 Å². The second kappa shape index (κ2) is 6.53. The van der Waals surface area contributed by atoms with Crippen LogP contribution >= 0.6 is 11.6 Å². The van der Waals surface area contributed by atoms with E-state index >= 15 is 0 Å². The molecule has 0 saturated carbocycles. The largest absolute Gasteiger partial charge is 0.436 e. The molecule has 1 heterocycles. The zero-order valence-electron chi connectivity index (χ0n) is 12.3. The molecule has 0 saturated heterocycles. The Labute approximate surface area is 138 Å². The number of aromatic nitrogens is 2. The minimum atomic E-state index is -4.70. The van der Waals surface area contributed by atoms with Gasteiger partial charge in [0.05, 0.1) is 4.92 Å². The predicted octanol–water partition coefficient (Wildman–Crippen LogP) is 3.34. The van der Waals surface area contributed by atoms with E-state index in [1.54, 1.807) is 0 Å². The third-order valence-electron chi connectivity index (χ3n) is 2.87. The van der Waals surface area contributed by atoms with Gasteiger partial charge in [-0.25, -0.2) is 5.43 Å². The SMILES string of the molecule is CNNc1cc(Oc2nn(C)c(C(F)(F)F)c2Cl)ccc1[N+](=O)[O-]. The van der Waals surface area contributed by atoms with Gasteiger partial charge in [0.15, 0.2) is 5.69 Å². The molecule has 0 atom stereocenters. The van der Waals surface area contributed by atoms with E-state index in [1.165, 1.54) is 19.2 Å². The van der Waals surface area contributed by atoms with Crippen LogP contribution in [0.25, 0.3) is 0 Å². The summed E-state index contributed by atoms with van der Waals surface area (Å²) in [4.78, 5) is 10.3. The molecule has 1 aromatic heterocycles. The molecule has 24 heavy (non-hydrogen) atoms. The summed E-state index contributed by atoms with van der Waals surface area (Å²) < 4.78 is 44.4. The van der Waals surface area contributed by atoms with E-state index < -0.39 is 27.7 Å². The summed E-state index contributed by atoms with van der Waals surface area (Å²) in [5.41, 5.74) is 3.69. The molecular weight excluding hydrogens is 355 g/mol. The highest BCUT2D eigenvalue weighted by Gasteiger charge is 2.39. The molecule has 0 fully saturated rings. The maximum Gasteiger partial charge on any atom is 0.434 e. The molecule has 2 N–H and O–H groups in total. The van der Waals surface area contributed by atoms with Gasteiger partial charge in [-0.05, 0) is 6.07 Å². The lowest BCUT2D eigenvalue weighted by atomic mass is 10.2. The number of nitrogens with one attached hydrogen (secondary N) is 2. The van der Waals surface area contributed by atoms with Crippen LogP contribution in [-0.4, -0.2) is 21.8 Å². The summed E-state index contributed by atoms with van der Waals surface area (Å²) in [6.07, 6.45) is -4.70. The van der Waals surface area contributed by atoms with Crippen molar-refractivity contribution >= 4 is 23.0 Å². The fourth-order valence-corrected chi connectivity index (χ4v) is 2.24. The van der Waals surface area contributed by atoms with Crippen molar-refractivity contribution in [1.82, 2.24) is 15.2 Å². The van der Waals surface area contributed by atoms with E-state index in [-0.39, 0.29) is 17.1 Å². The number of rotatable bonds is 5. The molecule has 0 aliphatic rings. The van der Waals surface area contributed by atoms with Crippen molar-refractivity contribution in [3.63, 3.8) is 0 Å². The van der Waals surface area contributed by atoms with Crippen LogP contribution in [0.4, 0.5) is 24.5 Å². The fourth-order valence-electron chi connectivity index (χ4n) is 1.93. The van der Waals surface area contributed by atoms with Gasteiger partial charge in [-0.1, -0.05) is 11.6 Å². The number of aryl methyl sites for hydroxylation is 1. The number of nitrogens with zero attached hydrogens (tertiary/aromatic N) is 3. The maximum atomic E-state index is 12.9. The number of nitro groups is 1. The average Bonchev–Trinajstić information content (AvgIpc) is 2.73. The molecule has 0 aliphatic heterocycles. The molecule has 0 unspecified atom stereocenters. The van der Waals surface area contributed by atoms with Crippen molar-refractivity contribution in [2.75, 3.05) is 12.5 Å². The zero-order valence-corrected chi connectivity index (χ0v) is 13.1. The predicted molar refractivity (Wildman–Crippen MR) is 79.1 cm³/mol. The van der Waals surface area contributed by atoms with Gasteiger partial charge in [-0.15, -0.1) is 5.10 Å². The van der Waals surface area contributed by atoms with E-state index in [2.05, 4.69) is 16.0 Å². The van der Waals surface area contributed by atoms with Crippen LogP contribution in [0.3, 0.4) is 0 Å². The summed E-state index contributed by atoms with van der Waals surface area (Å²) in [6.45, 7) is 0. The lowest BCUT2D eigenvalue weighted by molar-refractivity contribution is -0.384. The van der Waals surface area contributed by atoms with E-state index in [0.717, 1.165) is 13.1 Å². The van der Waals surface area contributed by atoms with Crippen molar-refractivity contribution in [1.29, 1.82) is 0 Å². The van der Waals surface area contributed by atoms with Crippen LogP contribution in [0.5, 0.6) is 11.6 Å². The fraction of sp³-hybridized carbons (Fsp3) is 0.250. The van der Waals surface area contributed by atoms with Crippen LogP contribution in [0.2, 0.25) is 5.02 Å². The van der Waals surface area contributed by atoms with Gasteiger partial charge in [0.2, 0.25) is 0 Å². The molecule has 8 nitrogen and oxygen atoms in total. The summed E-state index contributed by atoms with van der Waals surface area (Å²) in [5, 5.41) is 13.8. The second-order valence-corrected chi connectivity index (χ2v) is 4.88. The van der Waals surface area contributed by atoms with Gasteiger partial charge in [0.25, 0.3) is 11.6 Å². The minimum absolute atomic E-state index is 0.0204. The first kappa shape index (κ1) is 17.8. The first-order chi connectivity index (χ1) is 11.1. The number of nitro benzene ring substituents is 1. The third-order valence-corrected chi connectivity index (χ3v) is 3.21. The Kier molecular flexibility index (Phi) is 4.85. The Bertz CT molecular complexity index is 778. The first-order valence-electron chi connectivity index (χ1n) is 6.34. The average molecular weight is 366 g/mol. The van der Waals surface area contributed by atoms with E-state index in [0.29, 0.717) is 4.68 Å². The molecule has 0 radical (unpaired) electrons. The highest BCUT2D eigenvalue weighted by molar-refractivity contribution is 6.32. The molecule has 130 valence electrons. The number of halogens is 4. The van der Waals surface area contributed by atoms with Crippen molar-refractivity contribution in [2.45, 2.75) is 6.18 Å². The Morgan fingerprint density at radius 1 is 1.42 bits per heavy atom. The Morgan fingerprint density at radius 3 is 2.58 bits per heavy atom. The number of alkyl halides is 3. The lowest BCUT2D eigenvalue weighted by Crippen LogP contribution is -2.16. The number of benzene rings is 1. The molecule has 0 spiro atoms. The van der Waals surface area contributed by atoms with Gasteiger partial charge in [0.1, 0.15) is 16.5 Å². The van der Waals surface area contributed by atoms with Crippen LogP contribution in [0.15, 0.2) is 18.2 Å². The molecule has 0 bridgehead atoms. The van der Waals surface area contributed by atoms with Crippen molar-refractivity contribution in [3.05, 3.63) is 39.0 Å². The highest BCUT2D eigenvalue weighted by atomic mass is 35.5. The third kappa shape index (κ3) is 3.51. The monoisotopic (exact) mass is 365 g/mol. The summed E-state index contributed by atoms with van der Waals surface area (Å²) >= 11 is 5.68. The van der Waals surface area contributed by atoms with Crippen molar-refractivity contribution in [2.24, 2.45) is 7.05 Å². The van der Waals surface area contributed by atoms with Gasteiger partial charge in [-0.3, -0.25) is 14.8 Å². The van der Waals surface area contributed by atoms with Gasteiger partial charge < -0.3 is 10.2 Å². The molecular formula is C12H11ClF3N5O3. The van der Waals surface area contributed by atoms with Crippen molar-refractivity contribution < 1.29 is 22.8 Å². The molecule has 12 heteroatoms. The molecule has 1 aromatic carbocycles. The normalized spacial score (nSPS) is 11.4. The van der Waals surface area contributed by atoms with Crippen LogP contribution < -0.4 is 15.6 Å². The zero-order chi connectivity index (χ0) is 18.1. The lowest BCUT2D eigenvalue weighted by Gasteiger charge is -2.08. The number of hydrazine groups is 1. The Hall–Kier alpha value is -2.53. The smallest absolute Gasteiger partial charge is 0.434 e. The number of ether oxygens (including phenoxy) is 1. The van der Waals surface area contributed by atoms with E-state index in [9.17, 15) is 23.3 Å². The molecule has 0 amide bonds. The van der Waals surface area contributed by atoms with Crippen LogP contribution in [0, 0.1) is 10.1 Å². The molecule has 2 rings (SSSR count). The highest BCUT2D eigenvalue weighted by Crippen LogP contribution is 2.40. The standard InChI is InChI=1S/C12H11ClF3N5O3/c1-17-18-7-5-6(3-4-8(7)21(22)23)24-11-9(13)10(12(14,15)16)20(2)19-11/h3-5,17-18H,1-2H3. The van der Waals surface area contributed by atoms with Crippen LogP contribution in [-0.2, 0) is 13.2 Å². The Morgan fingerprint density at radius 2 is 2.08 bits per heavy atom. The number of hydrogen-bond donors (Lipinski definition) is 2. The summed E-state index contributed by atoms with van der Waals surface area (Å²) in [7, 11) is 2.56. The second-order valence-electron chi connectivity index (χ2n) is 4.50. The summed E-state index contributed by atoms with van der Waals surface area (Å²) in [6, 6.07) is 3.58. The van der Waals surface area contributed by atoms with Gasteiger partial charge in [-0.2, -0.15) is 13.2 Å². The Balaban J connectivity index is 2.39. The number of hydrogen-bond acceptors (Lipinski definition) is 6. The van der Waals surface area contributed by atoms with E-state index in [1.807, 2.05) is 0 Å². The quantitative estimate of drug-likeness (QED) is 0.623. The van der Waals surface area contributed by atoms with Crippen molar-refractivity contribution in [3.8, 4) is 11.6 Å². The van der Waals surface area contributed by atoms with Gasteiger partial charge in [0, 0.05) is 26.2 Å². The molecule has 2 aromatic rings. The number of anilines is 1. The maximum absolute atomic E-state index is 12.9. The topological polar surface area (TPSA) is 94.2 Å². The first-order valence-corrected chi connectivity index (χ1v) is 6.71. The van der Waals surface area contributed by atoms with Gasteiger partial charge >= 0.3 is 6.18 Å². The van der Waals surface area contributed by atoms with Crippen LogP contribution in [0.1, 0.15) is 5.69 Å².